The lowest BCUT2D eigenvalue weighted by molar-refractivity contribution is -0.138. The van der Waals surface area contributed by atoms with Crippen molar-refractivity contribution in [3.8, 4) is 0 Å². The highest BCUT2D eigenvalue weighted by Crippen LogP contribution is 2.18. The Bertz CT molecular complexity index is 392. The molecule has 0 saturated carbocycles. The number of hydrogen-bond donors (Lipinski definition) is 0. The molecule has 1 atom stereocenters. The average Bonchev–Trinajstić information content (AvgIpc) is 2.68. The van der Waals surface area contributed by atoms with E-state index in [-0.39, 0.29) is 5.78 Å². The molecular formula is C13H22N2O2. The molecule has 0 N–H and O–H groups in total. The average molecular weight is 238 g/mol. The van der Waals surface area contributed by atoms with E-state index >= 15 is 0 Å². The molecule has 4 nitrogen and oxygen atoms in total. The van der Waals surface area contributed by atoms with Crippen molar-refractivity contribution in [1.82, 2.24) is 9.78 Å². The van der Waals surface area contributed by atoms with Crippen molar-refractivity contribution >= 4 is 5.78 Å². The lowest BCUT2D eigenvalue weighted by atomic mass is 9.94. The number of Topliss-reactive ketones (excluding diaryl/α,β-unsaturated/α-hetero) is 1. The molecule has 0 aromatic carbocycles. The van der Waals surface area contributed by atoms with E-state index in [4.69, 9.17) is 4.74 Å². The number of aryl methyl sites for hydroxylation is 2. The van der Waals surface area contributed by atoms with Gasteiger partial charge >= 0.3 is 0 Å². The first kappa shape index (κ1) is 13.9. The summed E-state index contributed by atoms with van der Waals surface area (Å²) in [6, 6.07) is 1.97. The second-order valence-electron chi connectivity index (χ2n) is 4.48. The minimum atomic E-state index is -0.684. The highest BCUT2D eigenvalue weighted by Gasteiger charge is 2.31. The van der Waals surface area contributed by atoms with Gasteiger partial charge in [0.2, 0.25) is 0 Å². The maximum Gasteiger partial charge on any atom is 0.170 e. The molecule has 0 aliphatic carbocycles. The number of nitrogens with zero attached hydrogens (tertiary/aromatic N) is 2. The zero-order valence-corrected chi connectivity index (χ0v) is 11.4. The fourth-order valence-corrected chi connectivity index (χ4v) is 1.82. The monoisotopic (exact) mass is 238 g/mol. The summed E-state index contributed by atoms with van der Waals surface area (Å²) in [5.41, 5.74) is 1.23. The molecule has 4 heteroatoms. The van der Waals surface area contributed by atoms with E-state index in [1.54, 1.807) is 7.11 Å². The molecule has 0 spiro atoms. The maximum atomic E-state index is 12.2. The molecule has 1 rings (SSSR count). The molecule has 0 fully saturated rings. The molecule has 1 aromatic heterocycles. The van der Waals surface area contributed by atoms with Crippen LogP contribution in [0.4, 0.5) is 0 Å². The second-order valence-corrected chi connectivity index (χ2v) is 4.48. The van der Waals surface area contributed by atoms with Crippen LogP contribution in [0.25, 0.3) is 0 Å². The maximum absolute atomic E-state index is 12.2. The molecule has 0 amide bonds. The molecule has 96 valence electrons. The van der Waals surface area contributed by atoms with Gasteiger partial charge < -0.3 is 4.74 Å². The third kappa shape index (κ3) is 2.94. The summed E-state index contributed by atoms with van der Waals surface area (Å²) in [4.78, 5) is 12.2. The number of ether oxygens (including phenoxy) is 1. The largest absolute Gasteiger partial charge is 0.371 e. The van der Waals surface area contributed by atoms with Gasteiger partial charge in [0.05, 0.1) is 12.1 Å². The van der Waals surface area contributed by atoms with Crippen molar-refractivity contribution in [2.75, 3.05) is 7.11 Å². The van der Waals surface area contributed by atoms with Gasteiger partial charge in [-0.2, -0.15) is 5.10 Å². The highest BCUT2D eigenvalue weighted by molar-refractivity contribution is 5.88. The molecule has 0 saturated heterocycles. The molecular weight excluding hydrogens is 216 g/mol. The Balaban J connectivity index is 2.87. The van der Waals surface area contributed by atoms with Gasteiger partial charge in [-0.25, -0.2) is 0 Å². The van der Waals surface area contributed by atoms with Crippen molar-refractivity contribution < 1.29 is 9.53 Å². The lowest BCUT2D eigenvalue weighted by Crippen LogP contribution is -2.38. The van der Waals surface area contributed by atoms with Crippen LogP contribution in [0.3, 0.4) is 0 Å². The van der Waals surface area contributed by atoms with Crippen LogP contribution in [0, 0.1) is 6.92 Å². The molecule has 0 aliphatic rings. The predicted molar refractivity (Wildman–Crippen MR) is 67.1 cm³/mol. The van der Waals surface area contributed by atoms with E-state index in [2.05, 4.69) is 5.10 Å². The van der Waals surface area contributed by atoms with Gasteiger partial charge in [0.25, 0.3) is 0 Å². The summed E-state index contributed by atoms with van der Waals surface area (Å²) in [6.07, 6.45) is 1.06. The number of carbonyl (C=O) groups is 1. The van der Waals surface area contributed by atoms with Crippen LogP contribution in [0.15, 0.2) is 6.07 Å². The molecule has 1 aromatic rings. The third-order valence-electron chi connectivity index (χ3n) is 3.34. The Morgan fingerprint density at radius 1 is 1.53 bits per heavy atom. The van der Waals surface area contributed by atoms with E-state index in [9.17, 15) is 4.79 Å². The van der Waals surface area contributed by atoms with E-state index in [1.165, 1.54) is 0 Å². The SMILES string of the molecule is CCn1nc(C)cc1CC(=O)C(C)(CC)OC. The number of rotatable bonds is 6. The summed E-state index contributed by atoms with van der Waals surface area (Å²) in [5, 5.41) is 4.34. The van der Waals surface area contributed by atoms with Crippen molar-refractivity contribution in [3.05, 3.63) is 17.5 Å². The first-order chi connectivity index (χ1) is 7.96. The van der Waals surface area contributed by atoms with E-state index in [0.29, 0.717) is 12.8 Å². The summed E-state index contributed by atoms with van der Waals surface area (Å²) in [6.45, 7) is 8.55. The molecule has 0 aliphatic heterocycles. The minimum absolute atomic E-state index is 0.108. The van der Waals surface area contributed by atoms with Crippen LogP contribution in [0.1, 0.15) is 38.6 Å². The Hall–Kier alpha value is -1.16. The van der Waals surface area contributed by atoms with Crippen molar-refractivity contribution in [2.45, 2.75) is 52.7 Å². The predicted octanol–water partition coefficient (Wildman–Crippen LogP) is 2.14. The number of aromatic nitrogens is 2. The van der Waals surface area contributed by atoms with Gasteiger partial charge in [-0.3, -0.25) is 9.48 Å². The normalized spacial score (nSPS) is 14.6. The zero-order chi connectivity index (χ0) is 13.1. The van der Waals surface area contributed by atoms with E-state index in [0.717, 1.165) is 17.9 Å². The first-order valence-corrected chi connectivity index (χ1v) is 6.08. The molecule has 1 unspecified atom stereocenters. The third-order valence-corrected chi connectivity index (χ3v) is 3.34. The van der Waals surface area contributed by atoms with Gasteiger partial charge in [-0.15, -0.1) is 0 Å². The fourth-order valence-electron chi connectivity index (χ4n) is 1.82. The number of hydrogen-bond acceptors (Lipinski definition) is 3. The Morgan fingerprint density at radius 2 is 2.18 bits per heavy atom. The summed E-state index contributed by atoms with van der Waals surface area (Å²) in [7, 11) is 1.59. The van der Waals surface area contributed by atoms with Crippen LogP contribution in [0.5, 0.6) is 0 Å². The standard InChI is InChI=1S/C13H22N2O2/c1-6-13(4,17-5)12(16)9-11-8-10(3)14-15(11)7-2/h8H,6-7,9H2,1-5H3. The Kier molecular flexibility index (Phi) is 4.46. The lowest BCUT2D eigenvalue weighted by Gasteiger charge is -2.24. The van der Waals surface area contributed by atoms with Gasteiger partial charge in [0, 0.05) is 19.3 Å². The summed E-state index contributed by atoms with van der Waals surface area (Å²) < 4.78 is 7.20. The minimum Gasteiger partial charge on any atom is -0.371 e. The fraction of sp³-hybridized carbons (Fsp3) is 0.692. The van der Waals surface area contributed by atoms with E-state index < -0.39 is 5.60 Å². The van der Waals surface area contributed by atoms with Crippen LogP contribution in [-0.4, -0.2) is 28.3 Å². The summed E-state index contributed by atoms with van der Waals surface area (Å²) >= 11 is 0. The number of methoxy groups -OCH3 is 1. The highest BCUT2D eigenvalue weighted by atomic mass is 16.5. The van der Waals surface area contributed by atoms with Crippen LogP contribution >= 0.6 is 0 Å². The van der Waals surface area contributed by atoms with Crippen molar-refractivity contribution in [2.24, 2.45) is 0 Å². The van der Waals surface area contributed by atoms with Gasteiger partial charge in [0.1, 0.15) is 5.60 Å². The van der Waals surface area contributed by atoms with E-state index in [1.807, 2.05) is 38.4 Å². The number of ketones is 1. The van der Waals surface area contributed by atoms with Gasteiger partial charge in [-0.05, 0) is 33.3 Å². The molecule has 0 bridgehead atoms. The van der Waals surface area contributed by atoms with Crippen molar-refractivity contribution in [1.29, 1.82) is 0 Å². The molecule has 1 heterocycles. The topological polar surface area (TPSA) is 44.1 Å². The summed E-state index contributed by atoms with van der Waals surface area (Å²) in [5.74, 6) is 0.108. The second kappa shape index (κ2) is 5.45. The van der Waals surface area contributed by atoms with Crippen LogP contribution in [0.2, 0.25) is 0 Å². The van der Waals surface area contributed by atoms with Crippen LogP contribution in [-0.2, 0) is 22.5 Å². The Morgan fingerprint density at radius 3 is 2.65 bits per heavy atom. The van der Waals surface area contributed by atoms with Gasteiger partial charge in [-0.1, -0.05) is 6.92 Å². The smallest absolute Gasteiger partial charge is 0.170 e. The molecule has 0 radical (unpaired) electrons. The first-order valence-electron chi connectivity index (χ1n) is 6.08. The van der Waals surface area contributed by atoms with Gasteiger partial charge in [0.15, 0.2) is 5.78 Å². The molecule has 17 heavy (non-hydrogen) atoms. The van der Waals surface area contributed by atoms with Crippen LogP contribution < -0.4 is 0 Å². The Labute approximate surface area is 103 Å². The quantitative estimate of drug-likeness (QED) is 0.762. The zero-order valence-electron chi connectivity index (χ0n) is 11.4. The number of carbonyl (C=O) groups excluding carboxylic acids is 1. The van der Waals surface area contributed by atoms with Crippen molar-refractivity contribution in [3.63, 3.8) is 0 Å².